The lowest BCUT2D eigenvalue weighted by molar-refractivity contribution is -0.147. The van der Waals surface area contributed by atoms with Crippen LogP contribution in [-0.4, -0.2) is 30.3 Å². The van der Waals surface area contributed by atoms with E-state index in [1.54, 1.807) is 25.1 Å². The summed E-state index contributed by atoms with van der Waals surface area (Å²) >= 11 is 5.57. The Hall–Kier alpha value is -1.34. The van der Waals surface area contributed by atoms with Gasteiger partial charge in [-0.05, 0) is 30.5 Å². The zero-order valence-corrected chi connectivity index (χ0v) is 13.4. The molecule has 6 nitrogen and oxygen atoms in total. The third kappa shape index (κ3) is 6.62. The van der Waals surface area contributed by atoms with Crippen molar-refractivity contribution in [2.75, 3.05) is 19.1 Å². The summed E-state index contributed by atoms with van der Waals surface area (Å²) in [6.07, 6.45) is 0.835. The molecule has 2 unspecified atom stereocenters. The maximum atomic E-state index is 11.4. The van der Waals surface area contributed by atoms with Crippen molar-refractivity contribution in [2.24, 2.45) is 11.7 Å². The van der Waals surface area contributed by atoms with E-state index < -0.39 is 6.17 Å². The van der Waals surface area contributed by atoms with E-state index >= 15 is 0 Å². The number of carbonyl (C=O) groups excluding carboxylic acids is 1. The summed E-state index contributed by atoms with van der Waals surface area (Å²) in [5.74, 6) is 0.401. The average molecular weight is 331 g/mol. The van der Waals surface area contributed by atoms with Crippen LogP contribution in [0.25, 0.3) is 0 Å². The van der Waals surface area contributed by atoms with Gasteiger partial charge in [0.15, 0.2) is 0 Å². The normalized spacial score (nSPS) is 13.5. The molecule has 124 valence electrons. The van der Waals surface area contributed by atoms with Crippen LogP contribution < -0.4 is 16.0 Å². The summed E-state index contributed by atoms with van der Waals surface area (Å²) in [4.78, 5) is 11.4. The molecule has 0 aliphatic rings. The maximum Gasteiger partial charge on any atom is 0.309 e. The quantitative estimate of drug-likeness (QED) is 0.200. The maximum absolute atomic E-state index is 11.4. The lowest BCUT2D eigenvalue weighted by atomic mass is 10.2. The van der Waals surface area contributed by atoms with Gasteiger partial charge in [0.05, 0.1) is 19.1 Å². The first kappa shape index (κ1) is 18.7. The molecule has 1 rings (SSSR count). The molecular formula is C15H23ClN2O4. The number of ether oxygens (including phenoxy) is 2. The van der Waals surface area contributed by atoms with Crippen LogP contribution in [0.5, 0.6) is 5.75 Å². The highest BCUT2D eigenvalue weighted by molar-refractivity contribution is 6.19. The number of nitrogens with two attached hydrogens (primary N) is 1. The van der Waals surface area contributed by atoms with Gasteiger partial charge in [-0.3, -0.25) is 4.79 Å². The fraction of sp³-hybridized carbons (Fsp3) is 0.533. The summed E-state index contributed by atoms with van der Waals surface area (Å²) in [5, 5.41) is 8.79. The third-order valence-corrected chi connectivity index (χ3v) is 3.50. The molecule has 7 heteroatoms. The van der Waals surface area contributed by atoms with Crippen LogP contribution in [0.15, 0.2) is 24.3 Å². The molecule has 0 amide bonds. The van der Waals surface area contributed by atoms with Crippen LogP contribution >= 0.6 is 11.6 Å². The number of hydroxylamine groups is 1. The average Bonchev–Trinajstić information content (AvgIpc) is 2.56. The second-order valence-corrected chi connectivity index (χ2v) is 5.27. The standard InChI is InChI=1S/C15H23ClN2O4/c1-11(10-16)15(19)22-8-3-2-7-21-13-6-4-5-12(9-13)14(17)18-20/h4-6,9,11,14,18,20H,2-3,7-8,10,17H2,1H3. The zero-order chi connectivity index (χ0) is 16.4. The highest BCUT2D eigenvalue weighted by Crippen LogP contribution is 2.16. The second-order valence-electron chi connectivity index (χ2n) is 4.96. The van der Waals surface area contributed by atoms with Crippen LogP contribution in [0.1, 0.15) is 31.5 Å². The molecule has 0 aliphatic heterocycles. The molecule has 0 fully saturated rings. The first-order valence-corrected chi connectivity index (χ1v) is 7.72. The van der Waals surface area contributed by atoms with Gasteiger partial charge in [-0.15, -0.1) is 11.6 Å². The summed E-state index contributed by atoms with van der Waals surface area (Å²) in [7, 11) is 0. The molecule has 0 radical (unpaired) electrons. The molecule has 0 saturated heterocycles. The van der Waals surface area contributed by atoms with Crippen molar-refractivity contribution in [2.45, 2.75) is 25.9 Å². The number of rotatable bonds is 10. The number of carbonyl (C=O) groups is 1. The van der Waals surface area contributed by atoms with Crippen molar-refractivity contribution < 1.29 is 19.5 Å². The fourth-order valence-corrected chi connectivity index (χ4v) is 1.77. The molecule has 1 aromatic carbocycles. The highest BCUT2D eigenvalue weighted by atomic mass is 35.5. The van der Waals surface area contributed by atoms with Crippen LogP contribution in [0.2, 0.25) is 0 Å². The van der Waals surface area contributed by atoms with E-state index in [4.69, 9.17) is 32.0 Å². The molecule has 22 heavy (non-hydrogen) atoms. The van der Waals surface area contributed by atoms with Crippen LogP contribution in [0, 0.1) is 5.92 Å². The van der Waals surface area contributed by atoms with E-state index in [1.165, 1.54) is 0 Å². The Morgan fingerprint density at radius 1 is 1.41 bits per heavy atom. The first-order valence-electron chi connectivity index (χ1n) is 7.19. The van der Waals surface area contributed by atoms with Gasteiger partial charge in [0.2, 0.25) is 0 Å². The molecular weight excluding hydrogens is 308 g/mol. The highest BCUT2D eigenvalue weighted by Gasteiger charge is 2.12. The number of nitrogens with one attached hydrogen (secondary N) is 1. The van der Waals surface area contributed by atoms with Crippen molar-refractivity contribution in [1.82, 2.24) is 5.48 Å². The Morgan fingerprint density at radius 3 is 2.82 bits per heavy atom. The number of unbranched alkanes of at least 4 members (excludes halogenated alkanes) is 1. The van der Waals surface area contributed by atoms with E-state index in [0.717, 1.165) is 18.4 Å². The van der Waals surface area contributed by atoms with Crippen LogP contribution in [0.3, 0.4) is 0 Å². The molecule has 2 atom stereocenters. The van der Waals surface area contributed by atoms with Gasteiger partial charge in [0.1, 0.15) is 11.9 Å². The van der Waals surface area contributed by atoms with Gasteiger partial charge in [-0.2, -0.15) is 5.48 Å². The molecule has 0 spiro atoms. The van der Waals surface area contributed by atoms with Crippen molar-refractivity contribution in [1.29, 1.82) is 0 Å². The smallest absolute Gasteiger partial charge is 0.309 e. The molecule has 0 heterocycles. The van der Waals surface area contributed by atoms with E-state index in [0.29, 0.717) is 19.0 Å². The minimum atomic E-state index is -0.646. The monoisotopic (exact) mass is 330 g/mol. The van der Waals surface area contributed by atoms with E-state index in [1.807, 2.05) is 11.5 Å². The Bertz CT molecular complexity index is 459. The van der Waals surface area contributed by atoms with Crippen molar-refractivity contribution >= 4 is 17.6 Å². The minimum absolute atomic E-state index is 0.267. The predicted molar refractivity (Wildman–Crippen MR) is 83.9 cm³/mol. The van der Waals surface area contributed by atoms with Gasteiger partial charge in [-0.25, -0.2) is 0 Å². The predicted octanol–water partition coefficient (Wildman–Crippen LogP) is 2.20. The van der Waals surface area contributed by atoms with E-state index in [9.17, 15) is 4.79 Å². The van der Waals surface area contributed by atoms with Crippen LogP contribution in [0.4, 0.5) is 0 Å². The Morgan fingerprint density at radius 2 is 2.14 bits per heavy atom. The first-order chi connectivity index (χ1) is 10.6. The number of hydrogen-bond donors (Lipinski definition) is 3. The van der Waals surface area contributed by atoms with Crippen LogP contribution in [-0.2, 0) is 9.53 Å². The van der Waals surface area contributed by atoms with Crippen molar-refractivity contribution in [3.05, 3.63) is 29.8 Å². The number of halogens is 1. The SMILES string of the molecule is CC(CCl)C(=O)OCCCCOc1cccc(C(N)NO)c1. The van der Waals surface area contributed by atoms with Gasteiger partial charge in [0.25, 0.3) is 0 Å². The number of alkyl halides is 1. The Labute approximate surface area is 135 Å². The van der Waals surface area contributed by atoms with Crippen molar-refractivity contribution in [3.63, 3.8) is 0 Å². The van der Waals surface area contributed by atoms with E-state index in [2.05, 4.69) is 0 Å². The molecule has 1 aromatic rings. The summed E-state index contributed by atoms with van der Waals surface area (Å²) in [5.41, 5.74) is 8.35. The number of benzene rings is 1. The Balaban J connectivity index is 2.21. The molecule has 0 bridgehead atoms. The third-order valence-electron chi connectivity index (χ3n) is 3.04. The minimum Gasteiger partial charge on any atom is -0.494 e. The van der Waals surface area contributed by atoms with Gasteiger partial charge < -0.3 is 20.4 Å². The molecule has 0 aromatic heterocycles. The number of hydrogen-bond acceptors (Lipinski definition) is 6. The summed E-state index contributed by atoms with van der Waals surface area (Å²) in [6.45, 7) is 2.61. The molecule has 0 aliphatic carbocycles. The Kier molecular flexibility index (Phi) is 8.84. The topological polar surface area (TPSA) is 93.8 Å². The zero-order valence-electron chi connectivity index (χ0n) is 12.6. The van der Waals surface area contributed by atoms with Gasteiger partial charge >= 0.3 is 5.97 Å². The molecule has 0 saturated carbocycles. The second kappa shape index (κ2) is 10.4. The lowest BCUT2D eigenvalue weighted by Gasteiger charge is -2.12. The fourth-order valence-electron chi connectivity index (χ4n) is 1.64. The molecule has 4 N–H and O–H groups in total. The van der Waals surface area contributed by atoms with Gasteiger partial charge in [-0.1, -0.05) is 19.1 Å². The van der Waals surface area contributed by atoms with Gasteiger partial charge in [0, 0.05) is 5.88 Å². The summed E-state index contributed by atoms with van der Waals surface area (Å²) in [6, 6.07) is 7.17. The lowest BCUT2D eigenvalue weighted by Crippen LogP contribution is -2.25. The van der Waals surface area contributed by atoms with E-state index in [-0.39, 0.29) is 17.8 Å². The van der Waals surface area contributed by atoms with Crippen molar-refractivity contribution in [3.8, 4) is 5.75 Å². The largest absolute Gasteiger partial charge is 0.494 e. The summed E-state index contributed by atoms with van der Waals surface area (Å²) < 4.78 is 10.7. The number of esters is 1.